The molecule has 0 aliphatic rings. The smallest absolute Gasteiger partial charge is 0.260 e. The number of carbonyl (C=O) groups excluding carboxylic acids is 1. The lowest BCUT2D eigenvalue weighted by atomic mass is 10.0. The lowest BCUT2D eigenvalue weighted by Crippen LogP contribution is -2.34. The number of benzene rings is 1. The van der Waals surface area contributed by atoms with E-state index in [2.05, 4.69) is 0 Å². The normalized spacial score (nSPS) is 12.0. The molecule has 1 atom stereocenters. The zero-order valence-corrected chi connectivity index (χ0v) is 13.1. The number of hydrogen-bond acceptors (Lipinski definition) is 3. The third-order valence-electron chi connectivity index (χ3n) is 3.51. The number of rotatable bonds is 8. The highest BCUT2D eigenvalue weighted by molar-refractivity contribution is 5.77. The summed E-state index contributed by atoms with van der Waals surface area (Å²) in [6.07, 6.45) is 1.33. The number of amides is 1. The molecule has 1 aromatic rings. The summed E-state index contributed by atoms with van der Waals surface area (Å²) in [5.41, 5.74) is 6.62. The Bertz CT molecular complexity index is 462. The van der Waals surface area contributed by atoms with Crippen molar-refractivity contribution in [2.24, 2.45) is 5.73 Å². The Morgan fingerprint density at radius 3 is 2.57 bits per heavy atom. The van der Waals surface area contributed by atoms with Gasteiger partial charge in [0.25, 0.3) is 5.91 Å². The first kappa shape index (κ1) is 17.4. The van der Waals surface area contributed by atoms with E-state index in [9.17, 15) is 9.18 Å². The van der Waals surface area contributed by atoms with Crippen LogP contribution in [0.2, 0.25) is 0 Å². The van der Waals surface area contributed by atoms with Crippen molar-refractivity contribution in [1.82, 2.24) is 4.90 Å². The van der Waals surface area contributed by atoms with E-state index in [0.717, 1.165) is 6.42 Å². The molecule has 2 N–H and O–H groups in total. The maximum atomic E-state index is 13.9. The lowest BCUT2D eigenvalue weighted by Gasteiger charge is -2.20. The van der Waals surface area contributed by atoms with Gasteiger partial charge < -0.3 is 15.4 Å². The number of para-hydroxylation sites is 1. The standard InChI is InChI=1S/C16H25FN2O2/c1-4-13(18)10-12-8-7-9-14(17)16(12)21-11-15(20)19(5-2)6-3/h7-9,13H,4-6,10-11,18H2,1-3H3. The predicted molar refractivity (Wildman–Crippen MR) is 81.8 cm³/mol. The molecule has 1 unspecified atom stereocenters. The van der Waals surface area contributed by atoms with Crippen LogP contribution in [0.4, 0.5) is 4.39 Å². The van der Waals surface area contributed by atoms with E-state index in [4.69, 9.17) is 10.5 Å². The Kier molecular flexibility index (Phi) is 7.15. The molecule has 0 bridgehead atoms. The first-order chi connectivity index (χ1) is 10.0. The molecule has 1 rings (SSSR count). The Morgan fingerprint density at radius 2 is 2.00 bits per heavy atom. The highest BCUT2D eigenvalue weighted by Crippen LogP contribution is 2.24. The summed E-state index contributed by atoms with van der Waals surface area (Å²) in [6, 6.07) is 4.70. The van der Waals surface area contributed by atoms with E-state index in [1.807, 2.05) is 20.8 Å². The minimum atomic E-state index is -0.455. The molecule has 0 radical (unpaired) electrons. The van der Waals surface area contributed by atoms with Crippen LogP contribution >= 0.6 is 0 Å². The number of hydrogen-bond donors (Lipinski definition) is 1. The van der Waals surface area contributed by atoms with Gasteiger partial charge in [-0.2, -0.15) is 0 Å². The molecule has 0 heterocycles. The molecular weight excluding hydrogens is 271 g/mol. The van der Waals surface area contributed by atoms with Crippen molar-refractivity contribution in [3.05, 3.63) is 29.6 Å². The van der Waals surface area contributed by atoms with Crippen LogP contribution in [0, 0.1) is 5.82 Å². The van der Waals surface area contributed by atoms with Crippen LogP contribution in [-0.2, 0) is 11.2 Å². The Balaban J connectivity index is 2.80. The van der Waals surface area contributed by atoms with E-state index in [0.29, 0.717) is 25.1 Å². The highest BCUT2D eigenvalue weighted by atomic mass is 19.1. The van der Waals surface area contributed by atoms with Crippen LogP contribution in [0.3, 0.4) is 0 Å². The van der Waals surface area contributed by atoms with Crippen molar-refractivity contribution < 1.29 is 13.9 Å². The summed E-state index contributed by atoms with van der Waals surface area (Å²) >= 11 is 0. The second-order valence-corrected chi connectivity index (χ2v) is 4.96. The van der Waals surface area contributed by atoms with Gasteiger partial charge in [-0.1, -0.05) is 19.1 Å². The van der Waals surface area contributed by atoms with Gasteiger partial charge in [-0.15, -0.1) is 0 Å². The number of likely N-dealkylation sites (N-methyl/N-ethyl adjacent to an activating group) is 1. The second-order valence-electron chi connectivity index (χ2n) is 4.96. The maximum absolute atomic E-state index is 13.9. The van der Waals surface area contributed by atoms with Crippen molar-refractivity contribution in [1.29, 1.82) is 0 Å². The van der Waals surface area contributed by atoms with Gasteiger partial charge in [0.05, 0.1) is 0 Å². The molecule has 1 aromatic carbocycles. The average Bonchev–Trinajstić information content (AvgIpc) is 2.47. The average molecular weight is 296 g/mol. The third-order valence-corrected chi connectivity index (χ3v) is 3.51. The van der Waals surface area contributed by atoms with Gasteiger partial charge in [0.2, 0.25) is 0 Å². The molecule has 0 fully saturated rings. The zero-order chi connectivity index (χ0) is 15.8. The van der Waals surface area contributed by atoms with E-state index in [1.54, 1.807) is 17.0 Å². The molecule has 0 saturated heterocycles. The molecule has 0 aromatic heterocycles. The van der Waals surface area contributed by atoms with Gasteiger partial charge in [-0.3, -0.25) is 4.79 Å². The van der Waals surface area contributed by atoms with E-state index >= 15 is 0 Å². The van der Waals surface area contributed by atoms with Crippen LogP contribution in [0.1, 0.15) is 32.8 Å². The molecule has 21 heavy (non-hydrogen) atoms. The van der Waals surface area contributed by atoms with Crippen molar-refractivity contribution in [3.63, 3.8) is 0 Å². The zero-order valence-electron chi connectivity index (χ0n) is 13.1. The molecule has 4 nitrogen and oxygen atoms in total. The highest BCUT2D eigenvalue weighted by Gasteiger charge is 2.16. The quantitative estimate of drug-likeness (QED) is 0.801. The van der Waals surface area contributed by atoms with Gasteiger partial charge in [0.15, 0.2) is 18.2 Å². The van der Waals surface area contributed by atoms with Gasteiger partial charge in [0.1, 0.15) is 0 Å². The van der Waals surface area contributed by atoms with Gasteiger partial charge >= 0.3 is 0 Å². The fourth-order valence-corrected chi connectivity index (χ4v) is 2.10. The molecule has 0 saturated carbocycles. The molecule has 0 aliphatic heterocycles. The number of nitrogens with zero attached hydrogens (tertiary/aromatic N) is 1. The lowest BCUT2D eigenvalue weighted by molar-refractivity contribution is -0.133. The largest absolute Gasteiger partial charge is 0.480 e. The monoisotopic (exact) mass is 296 g/mol. The summed E-state index contributed by atoms with van der Waals surface area (Å²) in [7, 11) is 0. The van der Waals surface area contributed by atoms with Gasteiger partial charge in [-0.25, -0.2) is 4.39 Å². The number of carbonyl (C=O) groups is 1. The summed E-state index contributed by atoms with van der Waals surface area (Å²) in [5, 5.41) is 0. The number of ether oxygens (including phenoxy) is 1. The molecule has 5 heteroatoms. The van der Waals surface area contributed by atoms with Crippen LogP contribution in [-0.4, -0.2) is 36.5 Å². The Labute approximate surface area is 126 Å². The SMILES string of the molecule is CCC(N)Cc1cccc(F)c1OCC(=O)N(CC)CC. The Hall–Kier alpha value is -1.62. The molecular formula is C16H25FN2O2. The minimum absolute atomic E-state index is 0.0485. The second kappa shape index (κ2) is 8.62. The van der Waals surface area contributed by atoms with E-state index in [1.165, 1.54) is 6.07 Å². The molecule has 1 amide bonds. The van der Waals surface area contributed by atoms with Crippen molar-refractivity contribution in [2.75, 3.05) is 19.7 Å². The number of halogens is 1. The summed E-state index contributed by atoms with van der Waals surface area (Å²) in [6.45, 7) is 6.85. The summed E-state index contributed by atoms with van der Waals surface area (Å²) in [5.74, 6) is -0.459. The van der Waals surface area contributed by atoms with Crippen molar-refractivity contribution >= 4 is 5.91 Å². The summed E-state index contributed by atoms with van der Waals surface area (Å²) in [4.78, 5) is 13.6. The summed E-state index contributed by atoms with van der Waals surface area (Å²) < 4.78 is 19.4. The number of nitrogens with two attached hydrogens (primary N) is 1. The van der Waals surface area contributed by atoms with E-state index < -0.39 is 5.82 Å². The van der Waals surface area contributed by atoms with Gasteiger partial charge in [-0.05, 0) is 38.3 Å². The van der Waals surface area contributed by atoms with Gasteiger partial charge in [0, 0.05) is 19.1 Å². The van der Waals surface area contributed by atoms with Crippen molar-refractivity contribution in [2.45, 2.75) is 39.7 Å². The third kappa shape index (κ3) is 5.01. The fraction of sp³-hybridized carbons (Fsp3) is 0.562. The maximum Gasteiger partial charge on any atom is 0.260 e. The van der Waals surface area contributed by atoms with Crippen LogP contribution in [0.5, 0.6) is 5.75 Å². The fourth-order valence-electron chi connectivity index (χ4n) is 2.10. The topological polar surface area (TPSA) is 55.6 Å². The Morgan fingerprint density at radius 1 is 1.33 bits per heavy atom. The molecule has 0 spiro atoms. The first-order valence-corrected chi connectivity index (χ1v) is 7.46. The van der Waals surface area contributed by atoms with Crippen LogP contribution in [0.15, 0.2) is 18.2 Å². The first-order valence-electron chi connectivity index (χ1n) is 7.46. The van der Waals surface area contributed by atoms with Crippen LogP contribution in [0.25, 0.3) is 0 Å². The predicted octanol–water partition coefficient (Wildman–Crippen LogP) is 2.35. The van der Waals surface area contributed by atoms with E-state index in [-0.39, 0.29) is 24.3 Å². The van der Waals surface area contributed by atoms with Crippen LogP contribution < -0.4 is 10.5 Å². The van der Waals surface area contributed by atoms with Crippen molar-refractivity contribution in [3.8, 4) is 5.75 Å². The molecule has 118 valence electrons. The molecule has 0 aliphatic carbocycles. The minimum Gasteiger partial charge on any atom is -0.480 e.